The van der Waals surface area contributed by atoms with Crippen LogP contribution in [0, 0.1) is 11.8 Å². The Hall–Kier alpha value is -3.12. The quantitative estimate of drug-likeness (QED) is 0.0687. The highest BCUT2D eigenvalue weighted by Gasteiger charge is 2.57. The highest BCUT2D eigenvalue weighted by atomic mass is 16.8. The van der Waals surface area contributed by atoms with Crippen molar-refractivity contribution in [2.45, 2.75) is 36.7 Å². The predicted octanol–water partition coefficient (Wildman–Crippen LogP) is -2.09. The Morgan fingerprint density at radius 1 is 1.29 bits per heavy atom. The van der Waals surface area contributed by atoms with Gasteiger partial charge in [0.2, 0.25) is 12.1 Å². The highest BCUT2D eigenvalue weighted by Crippen LogP contribution is 2.38. The van der Waals surface area contributed by atoms with Crippen LogP contribution in [0.4, 0.5) is 0 Å². The van der Waals surface area contributed by atoms with E-state index in [1.54, 1.807) is 17.1 Å². The standard InChI is InChI=1S/C27H38N2O13/c1-4-17-18(6-5-15-9-16(23(33)34)11-29(10-15)7-8-30)19(24(35)38-3)13-39-25(17)42-26-22(40-14-28-2)27(36,37)21(32)20(12-31)41-26/h4-6,9,11,13,17-18,20-22,25-26,28,30-32,36-37H,1,7-8,10,12,14H2,2-3H3,(H,33,34). The number of ether oxygens (including phenoxy) is 5. The van der Waals surface area contributed by atoms with Crippen molar-refractivity contribution in [2.24, 2.45) is 11.8 Å². The first-order chi connectivity index (χ1) is 20.0. The smallest absolute Gasteiger partial charge is 0.337 e. The molecule has 0 aromatic rings. The molecule has 7 atom stereocenters. The van der Waals surface area contributed by atoms with Crippen LogP contribution in [0.25, 0.3) is 0 Å². The number of methoxy groups -OCH3 is 1. The molecule has 0 saturated carbocycles. The van der Waals surface area contributed by atoms with Crippen LogP contribution < -0.4 is 5.32 Å². The number of aliphatic carboxylic acids is 1. The van der Waals surface area contributed by atoms with Crippen LogP contribution in [0.2, 0.25) is 0 Å². The molecule has 0 aromatic carbocycles. The maximum Gasteiger partial charge on any atom is 0.337 e. The van der Waals surface area contributed by atoms with E-state index in [4.69, 9.17) is 23.7 Å². The number of allylic oxidation sites excluding steroid dienone is 1. The molecular weight excluding hydrogens is 560 g/mol. The zero-order valence-corrected chi connectivity index (χ0v) is 23.2. The molecule has 0 aliphatic carbocycles. The average Bonchev–Trinajstić information content (AvgIpc) is 2.97. The van der Waals surface area contributed by atoms with E-state index in [1.807, 2.05) is 0 Å². The van der Waals surface area contributed by atoms with Crippen LogP contribution in [0.3, 0.4) is 0 Å². The largest absolute Gasteiger partial charge is 0.478 e. The minimum Gasteiger partial charge on any atom is -0.478 e. The van der Waals surface area contributed by atoms with Gasteiger partial charge in [0, 0.05) is 25.2 Å². The third-order valence-electron chi connectivity index (χ3n) is 6.93. The van der Waals surface area contributed by atoms with E-state index in [-0.39, 0.29) is 37.6 Å². The van der Waals surface area contributed by atoms with Crippen LogP contribution in [-0.2, 0) is 33.3 Å². The number of esters is 1. The Balaban J connectivity index is 1.94. The highest BCUT2D eigenvalue weighted by molar-refractivity contribution is 5.90. The molecule has 0 spiro atoms. The topological polar surface area (TPSA) is 217 Å². The monoisotopic (exact) mass is 598 g/mol. The predicted molar refractivity (Wildman–Crippen MR) is 143 cm³/mol. The van der Waals surface area contributed by atoms with E-state index in [2.05, 4.69) is 11.9 Å². The van der Waals surface area contributed by atoms with E-state index >= 15 is 0 Å². The summed E-state index contributed by atoms with van der Waals surface area (Å²) in [6.07, 6.45) is 0.843. The minimum atomic E-state index is -2.89. The van der Waals surface area contributed by atoms with Crippen molar-refractivity contribution in [3.05, 3.63) is 60.1 Å². The number of rotatable bonds is 13. The summed E-state index contributed by atoms with van der Waals surface area (Å²) in [7, 11) is 2.73. The summed E-state index contributed by atoms with van der Waals surface area (Å²) < 4.78 is 27.6. The molecule has 42 heavy (non-hydrogen) atoms. The fourth-order valence-corrected chi connectivity index (χ4v) is 4.79. The van der Waals surface area contributed by atoms with Crippen LogP contribution in [0.5, 0.6) is 0 Å². The molecule has 7 unspecified atom stereocenters. The fourth-order valence-electron chi connectivity index (χ4n) is 4.79. The molecule has 3 rings (SSSR count). The molecule has 15 nitrogen and oxygen atoms in total. The molecule has 3 aliphatic heterocycles. The third kappa shape index (κ3) is 7.44. The van der Waals surface area contributed by atoms with Gasteiger partial charge in [-0.2, -0.15) is 0 Å². The molecule has 1 saturated heterocycles. The molecule has 3 aliphatic rings. The van der Waals surface area contributed by atoms with Gasteiger partial charge in [0.05, 0.1) is 50.4 Å². The number of aliphatic hydroxyl groups is 5. The van der Waals surface area contributed by atoms with Crippen LogP contribution in [0.15, 0.2) is 60.1 Å². The third-order valence-corrected chi connectivity index (χ3v) is 6.93. The number of nitrogens with one attached hydrogen (secondary N) is 1. The summed E-state index contributed by atoms with van der Waals surface area (Å²) in [5.74, 6) is -6.35. The van der Waals surface area contributed by atoms with Crippen molar-refractivity contribution in [2.75, 3.05) is 47.2 Å². The summed E-state index contributed by atoms with van der Waals surface area (Å²) in [6, 6.07) is 0. The van der Waals surface area contributed by atoms with Gasteiger partial charge in [-0.05, 0) is 18.7 Å². The van der Waals surface area contributed by atoms with Gasteiger partial charge in [-0.1, -0.05) is 18.2 Å². The van der Waals surface area contributed by atoms with Gasteiger partial charge in [0.1, 0.15) is 12.2 Å². The van der Waals surface area contributed by atoms with Crippen molar-refractivity contribution in [1.29, 1.82) is 0 Å². The molecule has 0 amide bonds. The molecule has 7 N–H and O–H groups in total. The van der Waals surface area contributed by atoms with Crippen LogP contribution >= 0.6 is 0 Å². The van der Waals surface area contributed by atoms with Crippen molar-refractivity contribution in [3.8, 4) is 0 Å². The normalized spacial score (nSPS) is 31.1. The van der Waals surface area contributed by atoms with Gasteiger partial charge in [-0.3, -0.25) is 5.32 Å². The lowest BCUT2D eigenvalue weighted by molar-refractivity contribution is -0.410. The number of carboxylic acid groups (broad SMARTS) is 1. The van der Waals surface area contributed by atoms with Gasteiger partial charge in [-0.15, -0.1) is 6.58 Å². The molecule has 3 heterocycles. The number of carbonyl (C=O) groups excluding carboxylic acids is 1. The number of aliphatic hydroxyl groups excluding tert-OH is 3. The Morgan fingerprint density at radius 3 is 2.62 bits per heavy atom. The van der Waals surface area contributed by atoms with Gasteiger partial charge in [0.15, 0.2) is 12.4 Å². The maximum atomic E-state index is 12.6. The Morgan fingerprint density at radius 2 is 2.02 bits per heavy atom. The Kier molecular flexibility index (Phi) is 11.8. The van der Waals surface area contributed by atoms with Gasteiger partial charge >= 0.3 is 11.9 Å². The lowest BCUT2D eigenvalue weighted by Crippen LogP contribution is -2.69. The van der Waals surface area contributed by atoms with Crippen molar-refractivity contribution >= 4 is 11.9 Å². The zero-order chi connectivity index (χ0) is 31.0. The van der Waals surface area contributed by atoms with E-state index in [9.17, 15) is 40.2 Å². The molecule has 1 fully saturated rings. The number of carboxylic acids is 1. The SMILES string of the molecule is C=CC1C(OC2OC(CO)C(O)C(O)(O)C2OCNC)OC=C(C(=O)OC)C1C=CC1=CC(C(=O)O)=CN(CCO)C1. The van der Waals surface area contributed by atoms with Gasteiger partial charge in [0.25, 0.3) is 0 Å². The first-order valence-corrected chi connectivity index (χ1v) is 13.1. The van der Waals surface area contributed by atoms with Gasteiger partial charge < -0.3 is 59.2 Å². The second-order valence-electron chi connectivity index (χ2n) is 9.74. The van der Waals surface area contributed by atoms with Crippen LogP contribution in [0.1, 0.15) is 0 Å². The van der Waals surface area contributed by atoms with Crippen molar-refractivity contribution in [3.63, 3.8) is 0 Å². The van der Waals surface area contributed by atoms with E-state index in [1.165, 1.54) is 32.5 Å². The van der Waals surface area contributed by atoms with Crippen molar-refractivity contribution < 1.29 is 63.9 Å². The number of hydrogen-bond acceptors (Lipinski definition) is 14. The first-order valence-electron chi connectivity index (χ1n) is 13.1. The Labute approximate surface area is 242 Å². The summed E-state index contributed by atoms with van der Waals surface area (Å²) in [5, 5.41) is 62.8. The number of β-amino-alcohol motifs (C(OH)–C–C–N with tert-alkyl or cyclic N) is 1. The second kappa shape index (κ2) is 14.9. The van der Waals surface area contributed by atoms with Gasteiger partial charge in [-0.25, -0.2) is 9.59 Å². The number of hydrogen-bond donors (Lipinski definition) is 7. The molecule has 0 bridgehead atoms. The van der Waals surface area contributed by atoms with Crippen molar-refractivity contribution in [1.82, 2.24) is 10.2 Å². The number of nitrogens with zero attached hydrogens (tertiary/aromatic N) is 1. The zero-order valence-electron chi connectivity index (χ0n) is 23.2. The molecular formula is C27H38N2O13. The average molecular weight is 599 g/mol. The van der Waals surface area contributed by atoms with E-state index in [0.29, 0.717) is 5.57 Å². The minimum absolute atomic E-state index is 0.00529. The maximum absolute atomic E-state index is 12.6. The molecule has 234 valence electrons. The summed E-state index contributed by atoms with van der Waals surface area (Å²) in [5.41, 5.74) is 0.664. The first kappa shape index (κ1) is 33.4. The fraction of sp³-hybridized carbons (Fsp3) is 0.556. The summed E-state index contributed by atoms with van der Waals surface area (Å²) >= 11 is 0. The number of carbonyl (C=O) groups is 2. The van der Waals surface area contributed by atoms with E-state index < -0.39 is 67.1 Å². The molecule has 15 heteroatoms. The molecule has 0 aromatic heterocycles. The van der Waals surface area contributed by atoms with Crippen LogP contribution in [-0.4, -0.2) is 131 Å². The Bertz CT molecular complexity index is 1100. The lowest BCUT2D eigenvalue weighted by Gasteiger charge is -2.47. The molecule has 0 radical (unpaired) electrons. The summed E-state index contributed by atoms with van der Waals surface area (Å²) in [4.78, 5) is 25.9. The summed E-state index contributed by atoms with van der Waals surface area (Å²) in [6.45, 7) is 3.18. The lowest BCUT2D eigenvalue weighted by atomic mass is 9.83. The second-order valence-corrected chi connectivity index (χ2v) is 9.74. The van der Waals surface area contributed by atoms with E-state index in [0.717, 1.165) is 6.26 Å².